The normalized spacial score (nSPS) is 13.7. The highest BCUT2D eigenvalue weighted by Gasteiger charge is 2.25. The predicted molar refractivity (Wildman–Crippen MR) is 185 cm³/mol. The molecule has 13 heteroatoms. The molecule has 1 aliphatic rings. The van der Waals surface area contributed by atoms with Crippen molar-refractivity contribution in [3.05, 3.63) is 78.1 Å². The number of rotatable bonds is 14. The lowest BCUT2D eigenvalue weighted by Crippen LogP contribution is -2.44. The van der Waals surface area contributed by atoms with Crippen molar-refractivity contribution in [1.29, 1.82) is 0 Å². The largest absolute Gasteiger partial charge is 0.403 e. The van der Waals surface area contributed by atoms with Crippen molar-refractivity contribution in [3.8, 4) is 22.7 Å². The minimum Gasteiger partial charge on any atom is -0.403 e. The summed E-state index contributed by atoms with van der Waals surface area (Å²) in [6, 6.07) is 20.3. The molecule has 3 aromatic carbocycles. The number of carbonyl (C=O) groups is 2. The number of fused-ring (bicyclic) bond motifs is 1. The molecule has 256 valence electrons. The number of nitrogens with one attached hydrogen (secondary N) is 3. The maximum atomic E-state index is 13.4. The molecule has 0 saturated carbocycles. The van der Waals surface area contributed by atoms with Crippen LogP contribution < -0.4 is 10.6 Å². The third kappa shape index (κ3) is 8.48. The molecular formula is C36H41FN8O4. The Morgan fingerprint density at radius 2 is 1.80 bits per heavy atom. The number of anilines is 2. The number of H-pyrrole nitrogens is 1. The number of halogens is 1. The van der Waals surface area contributed by atoms with Crippen LogP contribution in [0.1, 0.15) is 44.1 Å². The van der Waals surface area contributed by atoms with Gasteiger partial charge in [0.15, 0.2) is 0 Å². The first-order valence-electron chi connectivity index (χ1n) is 16.6. The molecule has 2 aromatic heterocycles. The van der Waals surface area contributed by atoms with Crippen LogP contribution in [0.5, 0.6) is 0 Å². The van der Waals surface area contributed by atoms with Crippen molar-refractivity contribution in [1.82, 2.24) is 30.2 Å². The highest BCUT2D eigenvalue weighted by atomic mass is 19.1. The summed E-state index contributed by atoms with van der Waals surface area (Å²) in [7, 11) is 1.60. The molecule has 0 unspecified atom stereocenters. The van der Waals surface area contributed by atoms with Gasteiger partial charge in [-0.05, 0) is 92.3 Å². The standard InChI is InChI=1S/C36H41FN8O4/c1-3-38-36-43-42-35(49-36)27-8-6-24(7-9-27)25-16-19-45(20-17-25)33(47)22-44(23-48-2)18-4-5-32(46)39-29-14-15-31-30(21-29)34(41-40-31)26-10-12-28(37)13-11-26/h6-15,21,25H,3-5,16-20,22-23H2,1-2H3,(H,38,43)(H,39,46)(H,40,41). The fraction of sp³-hybridized carbons (Fsp3) is 0.361. The Bertz CT molecular complexity index is 1850. The van der Waals surface area contributed by atoms with E-state index < -0.39 is 0 Å². The number of nitrogens with zero attached hydrogens (tertiary/aromatic N) is 5. The quantitative estimate of drug-likeness (QED) is 0.124. The number of hydrogen-bond acceptors (Lipinski definition) is 9. The van der Waals surface area contributed by atoms with E-state index in [1.807, 2.05) is 47.1 Å². The van der Waals surface area contributed by atoms with Gasteiger partial charge in [-0.25, -0.2) is 4.39 Å². The van der Waals surface area contributed by atoms with Gasteiger partial charge in [-0.2, -0.15) is 5.10 Å². The summed E-state index contributed by atoms with van der Waals surface area (Å²) in [5.74, 6) is 0.476. The summed E-state index contributed by atoms with van der Waals surface area (Å²) in [6.45, 7) is 5.13. The topological polar surface area (TPSA) is 142 Å². The summed E-state index contributed by atoms with van der Waals surface area (Å²) in [5, 5.41) is 22.3. The first-order valence-corrected chi connectivity index (χ1v) is 16.6. The Labute approximate surface area is 284 Å². The van der Waals surface area contributed by atoms with Crippen LogP contribution in [0.15, 0.2) is 71.1 Å². The lowest BCUT2D eigenvalue weighted by atomic mass is 9.89. The van der Waals surface area contributed by atoms with E-state index in [2.05, 4.69) is 43.2 Å². The van der Waals surface area contributed by atoms with E-state index in [0.717, 1.165) is 34.9 Å². The minimum absolute atomic E-state index is 0.0635. The zero-order valence-corrected chi connectivity index (χ0v) is 27.7. The molecular weight excluding hydrogens is 627 g/mol. The number of aromatic nitrogens is 4. The third-order valence-corrected chi connectivity index (χ3v) is 8.74. The number of carbonyl (C=O) groups excluding carboxylic acids is 2. The van der Waals surface area contributed by atoms with Gasteiger partial charge in [0.2, 0.25) is 17.7 Å². The van der Waals surface area contributed by atoms with Crippen molar-refractivity contribution in [2.24, 2.45) is 0 Å². The maximum absolute atomic E-state index is 13.4. The number of benzene rings is 3. The second-order valence-electron chi connectivity index (χ2n) is 12.2. The molecule has 0 bridgehead atoms. The number of likely N-dealkylation sites (tertiary alicyclic amines) is 1. The molecule has 6 rings (SSSR count). The van der Waals surface area contributed by atoms with E-state index in [1.165, 1.54) is 17.7 Å². The lowest BCUT2D eigenvalue weighted by molar-refractivity contribution is -0.134. The van der Waals surface area contributed by atoms with Crippen LogP contribution in [0.3, 0.4) is 0 Å². The third-order valence-electron chi connectivity index (χ3n) is 8.74. The molecule has 3 N–H and O–H groups in total. The highest BCUT2D eigenvalue weighted by Crippen LogP contribution is 2.31. The van der Waals surface area contributed by atoms with E-state index in [0.29, 0.717) is 68.5 Å². The van der Waals surface area contributed by atoms with Gasteiger partial charge >= 0.3 is 6.01 Å². The molecule has 1 aliphatic heterocycles. The van der Waals surface area contributed by atoms with Crippen LogP contribution in [-0.2, 0) is 14.3 Å². The van der Waals surface area contributed by atoms with Crippen LogP contribution in [0.2, 0.25) is 0 Å². The van der Waals surface area contributed by atoms with E-state index in [-0.39, 0.29) is 30.6 Å². The van der Waals surface area contributed by atoms with Gasteiger partial charge in [0.1, 0.15) is 5.82 Å². The van der Waals surface area contributed by atoms with Crippen LogP contribution >= 0.6 is 0 Å². The maximum Gasteiger partial charge on any atom is 0.315 e. The molecule has 1 saturated heterocycles. The number of piperidine rings is 1. The highest BCUT2D eigenvalue weighted by molar-refractivity contribution is 5.98. The molecule has 2 amide bonds. The van der Waals surface area contributed by atoms with Gasteiger partial charge in [0, 0.05) is 61.9 Å². The molecule has 3 heterocycles. The number of amides is 2. The molecule has 0 atom stereocenters. The summed E-state index contributed by atoms with van der Waals surface area (Å²) in [5.41, 5.74) is 5.03. The van der Waals surface area contributed by atoms with Gasteiger partial charge in [-0.1, -0.05) is 17.2 Å². The second kappa shape index (κ2) is 15.8. The molecule has 12 nitrogen and oxygen atoms in total. The number of aromatic amines is 1. The number of hydrogen-bond donors (Lipinski definition) is 3. The second-order valence-corrected chi connectivity index (χ2v) is 12.2. The van der Waals surface area contributed by atoms with Crippen molar-refractivity contribution >= 4 is 34.4 Å². The van der Waals surface area contributed by atoms with Gasteiger partial charge in [-0.15, -0.1) is 5.10 Å². The first-order chi connectivity index (χ1) is 23.9. The van der Waals surface area contributed by atoms with Gasteiger partial charge in [0.25, 0.3) is 0 Å². The number of ether oxygens (including phenoxy) is 1. The number of methoxy groups -OCH3 is 1. The summed E-state index contributed by atoms with van der Waals surface area (Å²) in [4.78, 5) is 29.9. The predicted octanol–water partition coefficient (Wildman–Crippen LogP) is 5.88. The smallest absolute Gasteiger partial charge is 0.315 e. The van der Waals surface area contributed by atoms with Gasteiger partial charge < -0.3 is 24.7 Å². The Morgan fingerprint density at radius 1 is 1.04 bits per heavy atom. The average molecular weight is 669 g/mol. The van der Waals surface area contributed by atoms with E-state index in [4.69, 9.17) is 9.15 Å². The van der Waals surface area contributed by atoms with Gasteiger partial charge in [-0.3, -0.25) is 19.6 Å². The molecule has 1 fully saturated rings. The minimum atomic E-state index is -0.314. The SMILES string of the molecule is CCNc1nnc(-c2ccc(C3CCN(C(=O)CN(CCCC(=O)Nc4ccc5[nH]nc(-c6ccc(F)cc6)c5c4)COC)CC3)cc2)o1. The van der Waals surface area contributed by atoms with Gasteiger partial charge in [0.05, 0.1) is 24.5 Å². The van der Waals surface area contributed by atoms with Crippen molar-refractivity contribution < 1.29 is 23.1 Å². The molecule has 49 heavy (non-hydrogen) atoms. The van der Waals surface area contributed by atoms with Crippen LogP contribution in [0, 0.1) is 5.82 Å². The zero-order valence-electron chi connectivity index (χ0n) is 27.7. The van der Waals surface area contributed by atoms with Crippen molar-refractivity contribution in [2.75, 3.05) is 57.2 Å². The van der Waals surface area contributed by atoms with Crippen molar-refractivity contribution in [2.45, 2.75) is 38.5 Å². The summed E-state index contributed by atoms with van der Waals surface area (Å²) in [6.07, 6.45) is 2.62. The molecule has 0 aliphatic carbocycles. The van der Waals surface area contributed by atoms with E-state index in [9.17, 15) is 14.0 Å². The molecule has 5 aromatic rings. The molecule has 0 radical (unpaired) electrons. The Balaban J connectivity index is 0.952. The fourth-order valence-corrected chi connectivity index (χ4v) is 6.19. The summed E-state index contributed by atoms with van der Waals surface area (Å²) < 4.78 is 24.4. The average Bonchev–Trinajstić information content (AvgIpc) is 3.76. The molecule has 0 spiro atoms. The monoisotopic (exact) mass is 668 g/mol. The Kier molecular flexibility index (Phi) is 10.9. The summed E-state index contributed by atoms with van der Waals surface area (Å²) >= 11 is 0. The first kappa shape index (κ1) is 33.7. The van der Waals surface area contributed by atoms with Crippen LogP contribution in [0.25, 0.3) is 33.6 Å². The van der Waals surface area contributed by atoms with E-state index in [1.54, 1.807) is 19.2 Å². The Morgan fingerprint density at radius 3 is 2.53 bits per heavy atom. The van der Waals surface area contributed by atoms with Crippen LogP contribution in [-0.4, -0.2) is 88.6 Å². The van der Waals surface area contributed by atoms with Crippen molar-refractivity contribution in [3.63, 3.8) is 0 Å². The van der Waals surface area contributed by atoms with Crippen LogP contribution in [0.4, 0.5) is 16.1 Å². The van der Waals surface area contributed by atoms with E-state index >= 15 is 0 Å². The zero-order chi connectivity index (χ0) is 34.2. The fourth-order valence-electron chi connectivity index (χ4n) is 6.19. The Hall–Kier alpha value is -5.14. The lowest BCUT2D eigenvalue weighted by Gasteiger charge is -2.33.